The van der Waals surface area contributed by atoms with Crippen molar-refractivity contribution in [2.45, 2.75) is 43.7 Å². The monoisotopic (exact) mass is 613 g/mol. The summed E-state index contributed by atoms with van der Waals surface area (Å²) < 4.78 is 28.2. The van der Waals surface area contributed by atoms with Gasteiger partial charge in [-0.2, -0.15) is 0 Å². The number of pyridine rings is 2. The van der Waals surface area contributed by atoms with E-state index in [9.17, 15) is 9.59 Å². The molecule has 0 aliphatic heterocycles. The molecule has 10 heteroatoms. The predicted molar refractivity (Wildman–Crippen MR) is 169 cm³/mol. The van der Waals surface area contributed by atoms with Crippen molar-refractivity contribution in [1.82, 2.24) is 15.3 Å². The summed E-state index contributed by atoms with van der Waals surface area (Å²) in [5.41, 5.74) is 2.70. The molecule has 4 rings (SSSR count). The Kier molecular flexibility index (Phi) is 12.3. The van der Waals surface area contributed by atoms with Gasteiger partial charge >= 0.3 is 11.9 Å². The van der Waals surface area contributed by atoms with Crippen molar-refractivity contribution in [1.29, 1.82) is 0 Å². The molecule has 2 aromatic heterocycles. The van der Waals surface area contributed by atoms with Gasteiger partial charge in [-0.3, -0.25) is 14.8 Å². The molecule has 0 saturated carbocycles. The third-order valence-corrected chi connectivity index (χ3v) is 7.41. The van der Waals surface area contributed by atoms with E-state index in [0.29, 0.717) is 48.5 Å². The highest BCUT2D eigenvalue weighted by Crippen LogP contribution is 2.41. The number of carbonyl (C=O) groups is 2. The second-order valence-electron chi connectivity index (χ2n) is 10.3. The topological polar surface area (TPSA) is 118 Å². The standard InChI is InChI=1S/C35H39N3O7/c1-36-32(35(40)45-28-20-29(41-2)33(43-4)30(21-28)42-3)31(26-12-6-5-7-13-26)34(39)44-27(16-14-24-10-8-18-37-22-24)17-15-25-11-9-19-38-23-25/h5-13,18-23,27,31-32,36H,14-17H2,1-4H3. The number of aryl methyl sites for hydroxylation is 2. The van der Waals surface area contributed by atoms with E-state index in [1.54, 1.807) is 31.6 Å². The Hall–Kier alpha value is -4.96. The van der Waals surface area contributed by atoms with Gasteiger partial charge in [-0.25, -0.2) is 4.79 Å². The molecule has 45 heavy (non-hydrogen) atoms. The van der Waals surface area contributed by atoms with Crippen LogP contribution in [0.2, 0.25) is 0 Å². The highest BCUT2D eigenvalue weighted by atomic mass is 16.6. The van der Waals surface area contributed by atoms with E-state index in [4.69, 9.17) is 23.7 Å². The number of benzene rings is 2. The Morgan fingerprint density at radius 1 is 0.756 bits per heavy atom. The molecule has 0 aliphatic rings. The molecule has 0 saturated heterocycles. The molecule has 10 nitrogen and oxygen atoms in total. The lowest BCUT2D eigenvalue weighted by atomic mass is 9.91. The van der Waals surface area contributed by atoms with Gasteiger partial charge in [0.15, 0.2) is 11.5 Å². The van der Waals surface area contributed by atoms with Gasteiger partial charge in [0.1, 0.15) is 23.8 Å². The summed E-state index contributed by atoms with van der Waals surface area (Å²) in [6, 6.07) is 18.8. The number of esters is 2. The van der Waals surface area contributed by atoms with Crippen LogP contribution in [0.5, 0.6) is 23.0 Å². The van der Waals surface area contributed by atoms with Crippen LogP contribution in [0.25, 0.3) is 0 Å². The van der Waals surface area contributed by atoms with E-state index in [1.165, 1.54) is 33.5 Å². The first-order valence-electron chi connectivity index (χ1n) is 14.7. The average molecular weight is 614 g/mol. The Balaban J connectivity index is 1.59. The lowest BCUT2D eigenvalue weighted by Crippen LogP contribution is -2.46. The fourth-order valence-corrected chi connectivity index (χ4v) is 5.09. The molecule has 236 valence electrons. The third-order valence-electron chi connectivity index (χ3n) is 7.41. The summed E-state index contributed by atoms with van der Waals surface area (Å²) >= 11 is 0. The SMILES string of the molecule is CNC(C(=O)Oc1cc(OC)c(OC)c(OC)c1)C(C(=O)OC(CCc1cccnc1)CCc1cccnc1)c1ccccc1. The predicted octanol–water partition coefficient (Wildman–Crippen LogP) is 4.96. The van der Waals surface area contributed by atoms with E-state index < -0.39 is 30.0 Å². The van der Waals surface area contributed by atoms with Gasteiger partial charge < -0.3 is 29.0 Å². The lowest BCUT2D eigenvalue weighted by molar-refractivity contribution is -0.155. The van der Waals surface area contributed by atoms with Crippen LogP contribution in [-0.2, 0) is 27.2 Å². The molecule has 0 aliphatic carbocycles. The number of nitrogens with zero attached hydrogens (tertiary/aromatic N) is 2. The van der Waals surface area contributed by atoms with Gasteiger partial charge in [0.25, 0.3) is 0 Å². The Morgan fingerprint density at radius 2 is 1.33 bits per heavy atom. The summed E-state index contributed by atoms with van der Waals surface area (Å²) in [4.78, 5) is 36.2. The van der Waals surface area contributed by atoms with Gasteiger partial charge in [-0.05, 0) is 61.6 Å². The highest BCUT2D eigenvalue weighted by Gasteiger charge is 2.38. The quantitative estimate of drug-likeness (QED) is 0.137. The van der Waals surface area contributed by atoms with Gasteiger partial charge in [-0.15, -0.1) is 0 Å². The summed E-state index contributed by atoms with van der Waals surface area (Å²) in [6.45, 7) is 0. The van der Waals surface area contributed by atoms with E-state index in [2.05, 4.69) is 15.3 Å². The van der Waals surface area contributed by atoms with Crippen molar-refractivity contribution >= 4 is 11.9 Å². The van der Waals surface area contributed by atoms with Crippen LogP contribution in [0.4, 0.5) is 0 Å². The molecule has 2 unspecified atom stereocenters. The van der Waals surface area contributed by atoms with Crippen LogP contribution in [-0.4, -0.2) is 62.4 Å². The molecule has 1 N–H and O–H groups in total. The molecule has 2 aromatic carbocycles. The van der Waals surface area contributed by atoms with Crippen LogP contribution in [0.3, 0.4) is 0 Å². The third kappa shape index (κ3) is 9.02. The number of hydrogen-bond acceptors (Lipinski definition) is 10. The molecular formula is C35H39N3O7. The first-order chi connectivity index (χ1) is 22.0. The number of nitrogens with one attached hydrogen (secondary N) is 1. The second-order valence-corrected chi connectivity index (χ2v) is 10.3. The minimum Gasteiger partial charge on any atom is -0.493 e. The van der Waals surface area contributed by atoms with Crippen LogP contribution >= 0.6 is 0 Å². The Morgan fingerprint density at radius 3 is 1.80 bits per heavy atom. The van der Waals surface area contributed by atoms with Crippen LogP contribution < -0.4 is 24.3 Å². The van der Waals surface area contributed by atoms with E-state index >= 15 is 0 Å². The first kappa shape index (κ1) is 32.9. The van der Waals surface area contributed by atoms with Crippen LogP contribution in [0, 0.1) is 0 Å². The van der Waals surface area contributed by atoms with Crippen LogP contribution in [0.1, 0.15) is 35.4 Å². The van der Waals surface area contributed by atoms with Crippen molar-refractivity contribution in [2.24, 2.45) is 0 Å². The molecule has 2 heterocycles. The molecule has 0 spiro atoms. The fraction of sp³-hybridized carbons (Fsp3) is 0.314. The lowest BCUT2D eigenvalue weighted by Gasteiger charge is -2.27. The summed E-state index contributed by atoms with van der Waals surface area (Å²) in [7, 11) is 6.03. The van der Waals surface area contributed by atoms with E-state index in [0.717, 1.165) is 11.1 Å². The first-order valence-corrected chi connectivity index (χ1v) is 14.7. The zero-order chi connectivity index (χ0) is 32.0. The second kappa shape index (κ2) is 16.8. The zero-order valence-corrected chi connectivity index (χ0v) is 26.0. The van der Waals surface area contributed by atoms with Gasteiger partial charge in [0, 0.05) is 36.9 Å². The summed E-state index contributed by atoms with van der Waals surface area (Å²) in [5.74, 6) is -1.04. The molecule has 2 atom stereocenters. The molecule has 0 radical (unpaired) electrons. The number of aromatic nitrogens is 2. The minimum absolute atomic E-state index is 0.167. The maximum absolute atomic E-state index is 14.1. The number of carbonyl (C=O) groups excluding carboxylic acids is 2. The molecule has 4 aromatic rings. The van der Waals surface area contributed by atoms with Gasteiger partial charge in [-0.1, -0.05) is 42.5 Å². The minimum atomic E-state index is -1.07. The molecule has 0 fully saturated rings. The van der Waals surface area contributed by atoms with E-state index in [1.807, 2.05) is 54.9 Å². The maximum atomic E-state index is 14.1. The zero-order valence-electron chi connectivity index (χ0n) is 26.0. The summed E-state index contributed by atoms with van der Waals surface area (Å²) in [5, 5.41) is 2.99. The van der Waals surface area contributed by atoms with Crippen molar-refractivity contribution in [3.8, 4) is 23.0 Å². The van der Waals surface area contributed by atoms with Crippen molar-refractivity contribution in [3.63, 3.8) is 0 Å². The van der Waals surface area contributed by atoms with Crippen molar-refractivity contribution in [2.75, 3.05) is 28.4 Å². The summed E-state index contributed by atoms with van der Waals surface area (Å²) in [6.07, 6.45) is 9.16. The molecular weight excluding hydrogens is 574 g/mol. The molecule has 0 bridgehead atoms. The highest BCUT2D eigenvalue weighted by molar-refractivity contribution is 5.90. The van der Waals surface area contributed by atoms with Crippen molar-refractivity contribution in [3.05, 3.63) is 108 Å². The maximum Gasteiger partial charge on any atom is 0.329 e. The smallest absolute Gasteiger partial charge is 0.329 e. The number of methoxy groups -OCH3 is 3. The largest absolute Gasteiger partial charge is 0.493 e. The average Bonchev–Trinajstić information content (AvgIpc) is 3.08. The van der Waals surface area contributed by atoms with Gasteiger partial charge in [0.2, 0.25) is 5.75 Å². The Labute approximate surface area is 263 Å². The number of rotatable bonds is 16. The number of likely N-dealkylation sites (N-methyl/N-ethyl adjacent to an activating group) is 1. The normalized spacial score (nSPS) is 12.2. The number of hydrogen-bond donors (Lipinski definition) is 1. The van der Waals surface area contributed by atoms with Gasteiger partial charge in [0.05, 0.1) is 21.3 Å². The van der Waals surface area contributed by atoms with E-state index in [-0.39, 0.29) is 5.75 Å². The Bertz CT molecular complexity index is 1440. The number of ether oxygens (including phenoxy) is 5. The van der Waals surface area contributed by atoms with Crippen molar-refractivity contribution < 1.29 is 33.3 Å². The van der Waals surface area contributed by atoms with Crippen LogP contribution in [0.15, 0.2) is 91.5 Å². The molecule has 0 amide bonds. The fourth-order valence-electron chi connectivity index (χ4n) is 5.09.